The molecular weight excluding hydrogens is 257 g/mol. The van der Waals surface area contributed by atoms with Gasteiger partial charge in [0.05, 0.1) is 12.8 Å². The number of hydrogen-bond acceptors (Lipinski definition) is 4. The summed E-state index contributed by atoms with van der Waals surface area (Å²) in [6.07, 6.45) is 0. The van der Waals surface area contributed by atoms with Crippen LogP contribution in [0.15, 0.2) is 24.3 Å². The van der Waals surface area contributed by atoms with E-state index in [0.29, 0.717) is 22.9 Å². The first-order valence-electron chi connectivity index (χ1n) is 6.46. The first kappa shape index (κ1) is 14.2. The van der Waals surface area contributed by atoms with Gasteiger partial charge in [-0.1, -0.05) is 19.9 Å². The molecule has 0 spiro atoms. The van der Waals surface area contributed by atoms with Crippen molar-refractivity contribution in [1.82, 2.24) is 9.97 Å². The van der Waals surface area contributed by atoms with Crippen LogP contribution in [0.3, 0.4) is 0 Å². The minimum Gasteiger partial charge on any atom is -0.494 e. The Morgan fingerprint density at radius 1 is 1.25 bits per heavy atom. The van der Waals surface area contributed by atoms with E-state index in [-0.39, 0.29) is 11.7 Å². The molecule has 5 heteroatoms. The third-order valence-electron chi connectivity index (χ3n) is 2.98. The van der Waals surface area contributed by atoms with E-state index >= 15 is 0 Å². The Bertz CT molecular complexity index is 614. The Hall–Kier alpha value is -2.17. The predicted molar refractivity (Wildman–Crippen MR) is 77.6 cm³/mol. The number of rotatable bonds is 4. The summed E-state index contributed by atoms with van der Waals surface area (Å²) in [5.74, 6) is 1.30. The van der Waals surface area contributed by atoms with Crippen molar-refractivity contribution in [1.29, 1.82) is 0 Å². The van der Waals surface area contributed by atoms with Crippen LogP contribution in [0.4, 0.5) is 10.2 Å². The lowest BCUT2D eigenvalue weighted by Gasteiger charge is -2.11. The lowest BCUT2D eigenvalue weighted by atomic mass is 10.1. The van der Waals surface area contributed by atoms with Crippen molar-refractivity contribution < 1.29 is 9.13 Å². The molecule has 0 fully saturated rings. The zero-order valence-electron chi connectivity index (χ0n) is 12.1. The van der Waals surface area contributed by atoms with Crippen LogP contribution in [0, 0.1) is 5.82 Å². The maximum absolute atomic E-state index is 14.3. The van der Waals surface area contributed by atoms with E-state index in [2.05, 4.69) is 15.3 Å². The molecule has 2 rings (SSSR count). The van der Waals surface area contributed by atoms with Crippen LogP contribution in [0.1, 0.15) is 25.6 Å². The Morgan fingerprint density at radius 2 is 2.00 bits per heavy atom. The zero-order valence-corrected chi connectivity index (χ0v) is 12.1. The molecule has 0 saturated carbocycles. The highest BCUT2D eigenvalue weighted by molar-refractivity contribution is 5.65. The third kappa shape index (κ3) is 2.71. The minimum atomic E-state index is -0.412. The van der Waals surface area contributed by atoms with Crippen molar-refractivity contribution in [3.63, 3.8) is 0 Å². The fraction of sp³-hybridized carbons (Fsp3) is 0.333. The topological polar surface area (TPSA) is 47.0 Å². The summed E-state index contributed by atoms with van der Waals surface area (Å²) in [4.78, 5) is 8.81. The Kier molecular flexibility index (Phi) is 4.17. The van der Waals surface area contributed by atoms with Gasteiger partial charge in [-0.25, -0.2) is 14.4 Å². The van der Waals surface area contributed by atoms with E-state index in [1.165, 1.54) is 7.11 Å². The first-order valence-corrected chi connectivity index (χ1v) is 6.46. The van der Waals surface area contributed by atoms with Gasteiger partial charge in [0.1, 0.15) is 11.6 Å². The van der Waals surface area contributed by atoms with Gasteiger partial charge in [0.2, 0.25) is 0 Å². The minimum absolute atomic E-state index is 0.163. The van der Waals surface area contributed by atoms with Crippen molar-refractivity contribution in [2.24, 2.45) is 0 Å². The zero-order chi connectivity index (χ0) is 14.7. The summed E-state index contributed by atoms with van der Waals surface area (Å²) < 4.78 is 19.3. The van der Waals surface area contributed by atoms with Crippen LogP contribution in [0.2, 0.25) is 0 Å². The van der Waals surface area contributed by atoms with Gasteiger partial charge in [-0.15, -0.1) is 0 Å². The second kappa shape index (κ2) is 5.86. The molecule has 0 unspecified atom stereocenters. The molecule has 0 aliphatic rings. The predicted octanol–water partition coefficient (Wildman–Crippen LogP) is 3.46. The summed E-state index contributed by atoms with van der Waals surface area (Å²) >= 11 is 0. The highest BCUT2D eigenvalue weighted by atomic mass is 19.1. The fourth-order valence-electron chi connectivity index (χ4n) is 1.86. The molecule has 0 atom stereocenters. The van der Waals surface area contributed by atoms with E-state index in [0.717, 1.165) is 0 Å². The van der Waals surface area contributed by atoms with Gasteiger partial charge in [0.15, 0.2) is 11.6 Å². The van der Waals surface area contributed by atoms with Crippen LogP contribution in [0.25, 0.3) is 11.3 Å². The molecule has 0 aliphatic carbocycles. The largest absolute Gasteiger partial charge is 0.494 e. The molecule has 106 valence electrons. The van der Waals surface area contributed by atoms with Crippen molar-refractivity contribution in [2.45, 2.75) is 19.8 Å². The van der Waals surface area contributed by atoms with E-state index in [9.17, 15) is 4.39 Å². The molecule has 0 bridgehead atoms. The first-order chi connectivity index (χ1) is 9.56. The second-order valence-corrected chi connectivity index (χ2v) is 4.72. The molecule has 1 heterocycles. The Morgan fingerprint density at radius 3 is 2.60 bits per heavy atom. The molecular formula is C15H18FN3O. The molecule has 0 radical (unpaired) electrons. The van der Waals surface area contributed by atoms with Crippen LogP contribution in [-0.4, -0.2) is 24.1 Å². The SMILES string of the molecule is CNc1cc(-c2cccc(OC)c2F)nc(C(C)C)n1. The third-order valence-corrected chi connectivity index (χ3v) is 2.98. The lowest BCUT2D eigenvalue weighted by Crippen LogP contribution is -2.04. The fourth-order valence-corrected chi connectivity index (χ4v) is 1.86. The van der Waals surface area contributed by atoms with Crippen LogP contribution in [-0.2, 0) is 0 Å². The smallest absolute Gasteiger partial charge is 0.174 e. The molecule has 0 aliphatic heterocycles. The molecule has 1 N–H and O–H groups in total. The molecule has 1 aromatic carbocycles. The summed E-state index contributed by atoms with van der Waals surface area (Å²) in [5.41, 5.74) is 0.953. The average molecular weight is 275 g/mol. The number of halogens is 1. The Balaban J connectivity index is 2.60. The number of benzene rings is 1. The summed E-state index contributed by atoms with van der Waals surface area (Å²) in [6.45, 7) is 4.00. The normalized spacial score (nSPS) is 10.7. The molecule has 2 aromatic rings. The number of anilines is 1. The van der Waals surface area contributed by atoms with E-state index < -0.39 is 5.82 Å². The van der Waals surface area contributed by atoms with E-state index in [4.69, 9.17) is 4.74 Å². The average Bonchev–Trinajstić information content (AvgIpc) is 2.46. The standard InChI is InChI=1S/C15H18FN3O/c1-9(2)15-18-11(8-13(17-3)19-15)10-6-5-7-12(20-4)14(10)16/h5-9H,1-4H3,(H,17,18,19). The van der Waals surface area contributed by atoms with Gasteiger partial charge in [-0.05, 0) is 12.1 Å². The molecule has 0 amide bonds. The number of nitrogens with one attached hydrogen (secondary N) is 1. The number of nitrogens with zero attached hydrogens (tertiary/aromatic N) is 2. The van der Waals surface area contributed by atoms with Crippen molar-refractivity contribution in [3.8, 4) is 17.0 Å². The highest BCUT2D eigenvalue weighted by Gasteiger charge is 2.14. The lowest BCUT2D eigenvalue weighted by molar-refractivity contribution is 0.387. The van der Waals surface area contributed by atoms with Crippen molar-refractivity contribution >= 4 is 5.82 Å². The van der Waals surface area contributed by atoms with Gasteiger partial charge < -0.3 is 10.1 Å². The molecule has 1 aromatic heterocycles. The molecule has 4 nitrogen and oxygen atoms in total. The van der Waals surface area contributed by atoms with Gasteiger partial charge >= 0.3 is 0 Å². The van der Waals surface area contributed by atoms with Crippen molar-refractivity contribution in [2.75, 3.05) is 19.5 Å². The summed E-state index contributed by atoms with van der Waals surface area (Å²) in [7, 11) is 3.22. The number of hydrogen-bond donors (Lipinski definition) is 1. The van der Waals surface area contributed by atoms with E-state index in [1.807, 2.05) is 13.8 Å². The van der Waals surface area contributed by atoms with Gasteiger partial charge in [-0.2, -0.15) is 0 Å². The quantitative estimate of drug-likeness (QED) is 0.928. The maximum Gasteiger partial charge on any atom is 0.174 e. The second-order valence-electron chi connectivity index (χ2n) is 4.72. The monoisotopic (exact) mass is 275 g/mol. The Labute approximate surface area is 118 Å². The maximum atomic E-state index is 14.3. The number of methoxy groups -OCH3 is 1. The van der Waals surface area contributed by atoms with Crippen LogP contribution < -0.4 is 10.1 Å². The van der Waals surface area contributed by atoms with Crippen LogP contribution >= 0.6 is 0 Å². The van der Waals surface area contributed by atoms with E-state index in [1.54, 1.807) is 31.3 Å². The van der Waals surface area contributed by atoms with Gasteiger partial charge in [0.25, 0.3) is 0 Å². The van der Waals surface area contributed by atoms with Gasteiger partial charge in [0, 0.05) is 24.6 Å². The molecule has 0 saturated heterocycles. The summed E-state index contributed by atoms with van der Waals surface area (Å²) in [6, 6.07) is 6.74. The van der Waals surface area contributed by atoms with Crippen molar-refractivity contribution in [3.05, 3.63) is 35.9 Å². The number of ether oxygens (including phenoxy) is 1. The van der Waals surface area contributed by atoms with Gasteiger partial charge in [-0.3, -0.25) is 0 Å². The highest BCUT2D eigenvalue weighted by Crippen LogP contribution is 2.29. The summed E-state index contributed by atoms with van der Waals surface area (Å²) in [5, 5.41) is 2.98. The molecule has 20 heavy (non-hydrogen) atoms. The number of aromatic nitrogens is 2. The van der Waals surface area contributed by atoms with Crippen LogP contribution in [0.5, 0.6) is 5.75 Å².